The summed E-state index contributed by atoms with van der Waals surface area (Å²) in [7, 11) is 1.32. The maximum atomic E-state index is 12.0. The maximum absolute atomic E-state index is 12.0. The molecule has 0 spiro atoms. The molecule has 0 atom stereocenters. The normalized spacial score (nSPS) is 10.3. The highest BCUT2D eigenvalue weighted by molar-refractivity contribution is 7.18. The van der Waals surface area contributed by atoms with Crippen molar-refractivity contribution < 1.29 is 14.3 Å². The molecule has 0 aliphatic carbocycles. The van der Waals surface area contributed by atoms with Crippen LogP contribution in [-0.2, 0) is 11.3 Å². The van der Waals surface area contributed by atoms with Gasteiger partial charge in [0.15, 0.2) is 0 Å². The Morgan fingerprint density at radius 2 is 2.00 bits per heavy atom. The number of hydrogen-bond acceptors (Lipinski definition) is 6. The van der Waals surface area contributed by atoms with Crippen LogP contribution in [0.1, 0.15) is 15.2 Å². The number of thiophene rings is 1. The van der Waals surface area contributed by atoms with Crippen molar-refractivity contribution in [3.05, 3.63) is 65.3 Å². The highest BCUT2D eigenvalue weighted by Gasteiger charge is 2.15. The van der Waals surface area contributed by atoms with Crippen LogP contribution >= 0.6 is 11.3 Å². The van der Waals surface area contributed by atoms with Gasteiger partial charge in [-0.15, -0.1) is 11.3 Å². The molecule has 27 heavy (non-hydrogen) atoms. The van der Waals surface area contributed by atoms with Gasteiger partial charge in [-0.05, 0) is 35.4 Å². The van der Waals surface area contributed by atoms with Gasteiger partial charge >= 0.3 is 12.0 Å². The second-order valence-corrected chi connectivity index (χ2v) is 6.69. The number of anilines is 2. The Morgan fingerprint density at radius 3 is 2.67 bits per heavy atom. The summed E-state index contributed by atoms with van der Waals surface area (Å²) in [5.74, 6) is -0.452. The van der Waals surface area contributed by atoms with Gasteiger partial charge in [0.2, 0.25) is 0 Å². The van der Waals surface area contributed by atoms with E-state index in [0.717, 1.165) is 16.0 Å². The average Bonchev–Trinajstić information content (AvgIpc) is 3.09. The second-order valence-electron chi connectivity index (χ2n) is 5.63. The number of benzene rings is 1. The van der Waals surface area contributed by atoms with Crippen LogP contribution in [-0.4, -0.2) is 24.1 Å². The molecule has 2 heterocycles. The van der Waals surface area contributed by atoms with Crippen LogP contribution < -0.4 is 16.4 Å². The zero-order valence-electron chi connectivity index (χ0n) is 14.6. The van der Waals surface area contributed by atoms with E-state index in [4.69, 9.17) is 10.5 Å². The Morgan fingerprint density at radius 1 is 1.22 bits per heavy atom. The number of nitrogens with two attached hydrogens (primary N) is 1. The standard InChI is InChI=1S/C19H18N4O3S/c1-26-18(24)17-15(20)9-16(27-17)13-4-6-14(7-5-13)23-19(25)22-11-12-3-2-8-21-10-12/h2-10H,11,20H2,1H3,(H2,22,23,25). The van der Waals surface area contributed by atoms with E-state index in [9.17, 15) is 9.59 Å². The highest BCUT2D eigenvalue weighted by atomic mass is 32.1. The molecule has 8 heteroatoms. The lowest BCUT2D eigenvalue weighted by atomic mass is 10.1. The van der Waals surface area contributed by atoms with E-state index >= 15 is 0 Å². The Labute approximate surface area is 160 Å². The Kier molecular flexibility index (Phi) is 5.68. The smallest absolute Gasteiger partial charge is 0.350 e. The number of pyridine rings is 1. The number of nitrogens with zero attached hydrogens (tertiary/aromatic N) is 1. The Hall–Kier alpha value is -3.39. The number of esters is 1. The number of methoxy groups -OCH3 is 1. The number of aromatic nitrogens is 1. The molecule has 2 amide bonds. The number of carbonyl (C=O) groups is 2. The van der Waals surface area contributed by atoms with Gasteiger partial charge in [0, 0.05) is 29.5 Å². The highest BCUT2D eigenvalue weighted by Crippen LogP contribution is 2.34. The Balaban J connectivity index is 1.62. The summed E-state index contributed by atoms with van der Waals surface area (Å²) in [4.78, 5) is 28.9. The number of carbonyl (C=O) groups excluding carboxylic acids is 2. The van der Waals surface area contributed by atoms with Gasteiger partial charge in [0.1, 0.15) is 4.88 Å². The van der Waals surface area contributed by atoms with Crippen LogP contribution in [0.15, 0.2) is 54.9 Å². The van der Waals surface area contributed by atoms with Crippen molar-refractivity contribution in [1.29, 1.82) is 0 Å². The van der Waals surface area contributed by atoms with Crippen molar-refractivity contribution >= 4 is 34.7 Å². The van der Waals surface area contributed by atoms with Crippen LogP contribution in [0.4, 0.5) is 16.2 Å². The summed E-state index contributed by atoms with van der Waals surface area (Å²) in [5.41, 5.74) is 8.72. The molecule has 7 nitrogen and oxygen atoms in total. The minimum absolute atomic E-state index is 0.306. The molecule has 0 radical (unpaired) electrons. The molecule has 1 aromatic carbocycles. The minimum atomic E-state index is -0.452. The maximum Gasteiger partial charge on any atom is 0.350 e. The van der Waals surface area contributed by atoms with Gasteiger partial charge in [0.05, 0.1) is 12.8 Å². The van der Waals surface area contributed by atoms with Gasteiger partial charge in [-0.3, -0.25) is 4.98 Å². The van der Waals surface area contributed by atoms with Crippen molar-refractivity contribution in [2.24, 2.45) is 0 Å². The molecular formula is C19H18N4O3S. The molecule has 3 rings (SSSR count). The van der Waals surface area contributed by atoms with Gasteiger partial charge in [-0.2, -0.15) is 0 Å². The predicted octanol–water partition coefficient (Wildman–Crippen LogP) is 3.50. The minimum Gasteiger partial charge on any atom is -0.465 e. The first-order valence-electron chi connectivity index (χ1n) is 8.08. The number of hydrogen-bond donors (Lipinski definition) is 3. The van der Waals surface area contributed by atoms with E-state index in [-0.39, 0.29) is 6.03 Å². The topological polar surface area (TPSA) is 106 Å². The predicted molar refractivity (Wildman–Crippen MR) is 106 cm³/mol. The van der Waals surface area contributed by atoms with E-state index in [1.165, 1.54) is 18.4 Å². The van der Waals surface area contributed by atoms with Crippen molar-refractivity contribution in [2.45, 2.75) is 6.54 Å². The lowest BCUT2D eigenvalue weighted by molar-refractivity contribution is 0.0607. The quantitative estimate of drug-likeness (QED) is 0.586. The fourth-order valence-corrected chi connectivity index (χ4v) is 3.38. The first kappa shape index (κ1) is 18.4. The summed E-state index contributed by atoms with van der Waals surface area (Å²) in [6.07, 6.45) is 3.38. The lowest BCUT2D eigenvalue weighted by Gasteiger charge is -2.08. The third-order valence-corrected chi connectivity index (χ3v) is 4.91. The molecular weight excluding hydrogens is 364 g/mol. The fourth-order valence-electron chi connectivity index (χ4n) is 2.38. The van der Waals surface area contributed by atoms with Gasteiger partial charge in [0.25, 0.3) is 0 Å². The molecule has 2 aromatic heterocycles. The van der Waals surface area contributed by atoms with E-state index in [1.54, 1.807) is 30.6 Å². The molecule has 0 aliphatic heterocycles. The van der Waals surface area contributed by atoms with E-state index < -0.39 is 5.97 Å². The molecule has 0 unspecified atom stereocenters. The molecule has 0 fully saturated rings. The molecule has 0 saturated heterocycles. The molecule has 0 saturated carbocycles. The third kappa shape index (κ3) is 4.62. The number of ether oxygens (including phenoxy) is 1. The number of nitrogens with one attached hydrogen (secondary N) is 2. The number of amides is 2. The van der Waals surface area contributed by atoms with Crippen molar-refractivity contribution in [1.82, 2.24) is 10.3 Å². The molecule has 0 aliphatic rings. The SMILES string of the molecule is COC(=O)c1sc(-c2ccc(NC(=O)NCc3cccnc3)cc2)cc1N. The van der Waals surface area contributed by atoms with Gasteiger partial charge < -0.3 is 21.1 Å². The second kappa shape index (κ2) is 8.33. The van der Waals surface area contributed by atoms with Crippen LogP contribution in [0.25, 0.3) is 10.4 Å². The van der Waals surface area contributed by atoms with Crippen LogP contribution in [0.3, 0.4) is 0 Å². The van der Waals surface area contributed by atoms with Gasteiger partial charge in [-0.25, -0.2) is 9.59 Å². The van der Waals surface area contributed by atoms with Crippen LogP contribution in [0, 0.1) is 0 Å². The summed E-state index contributed by atoms with van der Waals surface area (Å²) in [6, 6.07) is 12.4. The third-order valence-electron chi connectivity index (χ3n) is 3.73. The first-order valence-corrected chi connectivity index (χ1v) is 8.90. The number of rotatable bonds is 5. The fraction of sp³-hybridized carbons (Fsp3) is 0.105. The van der Waals surface area contributed by atoms with Crippen molar-refractivity contribution in [3.8, 4) is 10.4 Å². The summed E-state index contributed by atoms with van der Waals surface area (Å²) < 4.78 is 4.72. The van der Waals surface area contributed by atoms with E-state index in [1.807, 2.05) is 24.3 Å². The Bertz CT molecular complexity index is 939. The van der Waals surface area contributed by atoms with Crippen LogP contribution in [0.2, 0.25) is 0 Å². The van der Waals surface area contributed by atoms with Crippen molar-refractivity contribution in [2.75, 3.05) is 18.2 Å². The zero-order chi connectivity index (χ0) is 19.2. The molecule has 0 bridgehead atoms. The van der Waals surface area contributed by atoms with Crippen LogP contribution in [0.5, 0.6) is 0 Å². The lowest BCUT2D eigenvalue weighted by Crippen LogP contribution is -2.28. The van der Waals surface area contributed by atoms with Crippen molar-refractivity contribution in [3.63, 3.8) is 0 Å². The largest absolute Gasteiger partial charge is 0.465 e. The zero-order valence-corrected chi connectivity index (χ0v) is 15.4. The molecule has 4 N–H and O–H groups in total. The molecule has 138 valence electrons. The molecule has 3 aromatic rings. The summed E-state index contributed by atoms with van der Waals surface area (Å²) in [6.45, 7) is 0.391. The monoisotopic (exact) mass is 382 g/mol. The summed E-state index contributed by atoms with van der Waals surface area (Å²) in [5, 5.41) is 5.54. The van der Waals surface area contributed by atoms with E-state index in [0.29, 0.717) is 22.8 Å². The average molecular weight is 382 g/mol. The van der Waals surface area contributed by atoms with E-state index in [2.05, 4.69) is 15.6 Å². The van der Waals surface area contributed by atoms with Gasteiger partial charge in [-0.1, -0.05) is 18.2 Å². The number of nitrogen functional groups attached to an aromatic ring is 1. The number of urea groups is 1. The first-order chi connectivity index (χ1) is 13.1. The summed E-state index contributed by atoms with van der Waals surface area (Å²) >= 11 is 1.27.